The van der Waals surface area contributed by atoms with Crippen LogP contribution in [0.2, 0.25) is 0 Å². The zero-order chi connectivity index (χ0) is 17.1. The molecule has 24 heavy (non-hydrogen) atoms. The summed E-state index contributed by atoms with van der Waals surface area (Å²) in [7, 11) is 0. The lowest BCUT2D eigenvalue weighted by Gasteiger charge is -2.22. The maximum absolute atomic E-state index is 12.8. The van der Waals surface area contributed by atoms with E-state index in [1.165, 1.54) is 4.90 Å². The molecule has 0 aliphatic carbocycles. The topological polar surface area (TPSA) is 90.4 Å². The predicted octanol–water partition coefficient (Wildman–Crippen LogP) is 1.05. The van der Waals surface area contributed by atoms with Gasteiger partial charge in [0.2, 0.25) is 5.91 Å². The molecule has 2 aromatic rings. The van der Waals surface area contributed by atoms with Crippen LogP contribution in [0.15, 0.2) is 42.6 Å². The Balaban J connectivity index is 1.78. The monoisotopic (exact) mass is 328 g/mol. The Morgan fingerprint density at radius 1 is 1.29 bits per heavy atom. The van der Waals surface area contributed by atoms with Crippen molar-refractivity contribution in [3.05, 3.63) is 48.3 Å². The minimum Gasteiger partial charge on any atom is -0.488 e. The van der Waals surface area contributed by atoms with Gasteiger partial charge in [-0.1, -0.05) is 18.2 Å². The number of likely N-dealkylation sites (tertiary alicyclic amines) is 1. The molecule has 1 aromatic carbocycles. The molecule has 7 heteroatoms. The molecule has 1 fully saturated rings. The van der Waals surface area contributed by atoms with Crippen LogP contribution in [0.1, 0.15) is 23.8 Å². The van der Waals surface area contributed by atoms with Gasteiger partial charge >= 0.3 is 0 Å². The lowest BCUT2D eigenvalue weighted by atomic mass is 10.2. The van der Waals surface area contributed by atoms with Crippen LogP contribution in [-0.4, -0.2) is 45.2 Å². The lowest BCUT2D eigenvalue weighted by molar-refractivity contribution is -0.121. The van der Waals surface area contributed by atoms with Crippen molar-refractivity contribution < 1.29 is 14.3 Å². The minimum absolute atomic E-state index is 0.252. The number of hydrogen-bond acceptors (Lipinski definition) is 4. The van der Waals surface area contributed by atoms with Crippen LogP contribution in [0.4, 0.5) is 0 Å². The minimum atomic E-state index is -0.675. The van der Waals surface area contributed by atoms with E-state index in [1.807, 2.05) is 37.3 Å². The molecule has 2 N–H and O–H groups in total. The number of carbonyl (C=O) groups is 2. The van der Waals surface area contributed by atoms with Gasteiger partial charge in [-0.2, -0.15) is 5.10 Å². The molecule has 0 spiro atoms. The third-order valence-corrected chi connectivity index (χ3v) is 4.13. The summed E-state index contributed by atoms with van der Waals surface area (Å²) in [5.74, 6) is -0.0685. The fraction of sp³-hybridized carbons (Fsp3) is 0.353. The molecule has 0 unspecified atom stereocenters. The standard InChI is InChI=1S/C17H20N4O3/c1-2-21-14(8-9-19-21)17(23)20-11-13(10-15(20)16(18)22)24-12-6-4-3-5-7-12/h3-9,13,15H,2,10-11H2,1H3,(H2,18,22)/t13-,15-/m0/s1. The van der Waals surface area contributed by atoms with Gasteiger partial charge in [0.05, 0.1) is 6.54 Å². The first-order valence-corrected chi connectivity index (χ1v) is 7.94. The number of nitrogens with zero attached hydrogens (tertiary/aromatic N) is 3. The van der Waals surface area contributed by atoms with Gasteiger partial charge in [0.15, 0.2) is 0 Å². The molecular formula is C17H20N4O3. The van der Waals surface area contributed by atoms with Crippen molar-refractivity contribution in [3.63, 3.8) is 0 Å². The second-order valence-electron chi connectivity index (χ2n) is 5.70. The molecule has 1 aromatic heterocycles. The number of ether oxygens (including phenoxy) is 1. The maximum atomic E-state index is 12.8. The van der Waals surface area contributed by atoms with Crippen LogP contribution < -0.4 is 10.5 Å². The highest BCUT2D eigenvalue weighted by molar-refractivity contribution is 5.96. The number of hydrogen-bond donors (Lipinski definition) is 1. The SMILES string of the molecule is CCn1nccc1C(=O)N1C[C@@H](Oc2ccccc2)C[C@H]1C(N)=O. The molecule has 0 bridgehead atoms. The van der Waals surface area contributed by atoms with E-state index in [-0.39, 0.29) is 12.0 Å². The number of nitrogens with two attached hydrogens (primary N) is 1. The van der Waals surface area contributed by atoms with E-state index in [2.05, 4.69) is 5.10 Å². The van der Waals surface area contributed by atoms with Crippen molar-refractivity contribution in [1.29, 1.82) is 0 Å². The van der Waals surface area contributed by atoms with Gasteiger partial charge in [0.1, 0.15) is 23.6 Å². The van der Waals surface area contributed by atoms with Crippen molar-refractivity contribution >= 4 is 11.8 Å². The molecule has 2 atom stereocenters. The quantitative estimate of drug-likeness (QED) is 0.888. The number of carbonyl (C=O) groups excluding carboxylic acids is 2. The second kappa shape index (κ2) is 6.74. The fourth-order valence-corrected chi connectivity index (χ4v) is 2.98. The van der Waals surface area contributed by atoms with Gasteiger partial charge in [0, 0.05) is 19.2 Å². The Labute approximate surface area is 140 Å². The van der Waals surface area contributed by atoms with Gasteiger partial charge in [-0.15, -0.1) is 0 Å². The first-order valence-electron chi connectivity index (χ1n) is 7.94. The van der Waals surface area contributed by atoms with E-state index in [4.69, 9.17) is 10.5 Å². The Morgan fingerprint density at radius 2 is 2.04 bits per heavy atom. The maximum Gasteiger partial charge on any atom is 0.272 e. The van der Waals surface area contributed by atoms with Crippen molar-refractivity contribution in [2.75, 3.05) is 6.54 Å². The summed E-state index contributed by atoms with van der Waals surface area (Å²) in [4.78, 5) is 26.1. The molecule has 1 aliphatic heterocycles. The summed E-state index contributed by atoms with van der Waals surface area (Å²) in [6, 6.07) is 10.3. The molecule has 0 radical (unpaired) electrons. The zero-order valence-corrected chi connectivity index (χ0v) is 13.5. The molecule has 2 amide bonds. The van der Waals surface area contributed by atoms with E-state index in [0.717, 1.165) is 0 Å². The number of primary amides is 1. The number of rotatable bonds is 5. The van der Waals surface area contributed by atoms with Crippen LogP contribution in [0, 0.1) is 0 Å². The van der Waals surface area contributed by atoms with Gasteiger partial charge in [-0.05, 0) is 25.1 Å². The van der Waals surface area contributed by atoms with E-state index in [1.54, 1.807) is 16.9 Å². The highest BCUT2D eigenvalue weighted by Gasteiger charge is 2.40. The number of para-hydroxylation sites is 1. The number of benzene rings is 1. The van der Waals surface area contributed by atoms with Crippen LogP contribution in [0.25, 0.3) is 0 Å². The van der Waals surface area contributed by atoms with Crippen LogP contribution >= 0.6 is 0 Å². The predicted molar refractivity (Wildman–Crippen MR) is 87.4 cm³/mol. The average molecular weight is 328 g/mol. The molecule has 3 rings (SSSR count). The second-order valence-corrected chi connectivity index (χ2v) is 5.70. The highest BCUT2D eigenvalue weighted by Crippen LogP contribution is 2.24. The van der Waals surface area contributed by atoms with Crippen molar-refractivity contribution in [1.82, 2.24) is 14.7 Å². The third-order valence-electron chi connectivity index (χ3n) is 4.13. The lowest BCUT2D eigenvalue weighted by Crippen LogP contribution is -2.44. The summed E-state index contributed by atoms with van der Waals surface area (Å²) in [6.45, 7) is 2.80. The van der Waals surface area contributed by atoms with Crippen LogP contribution in [0.5, 0.6) is 5.75 Å². The Kier molecular flexibility index (Phi) is 4.50. The molecule has 2 heterocycles. The van der Waals surface area contributed by atoms with E-state index >= 15 is 0 Å². The summed E-state index contributed by atoms with van der Waals surface area (Å²) in [5, 5.41) is 4.11. The normalized spacial score (nSPS) is 20.1. The highest BCUT2D eigenvalue weighted by atomic mass is 16.5. The zero-order valence-electron chi connectivity index (χ0n) is 13.5. The summed E-state index contributed by atoms with van der Waals surface area (Å²) in [5.41, 5.74) is 5.94. The number of aryl methyl sites for hydroxylation is 1. The van der Waals surface area contributed by atoms with Gasteiger partial charge < -0.3 is 15.4 Å². The average Bonchev–Trinajstić information content (AvgIpc) is 3.21. The van der Waals surface area contributed by atoms with Gasteiger partial charge in [-0.3, -0.25) is 14.3 Å². The van der Waals surface area contributed by atoms with Crippen LogP contribution in [0.3, 0.4) is 0 Å². The smallest absolute Gasteiger partial charge is 0.272 e. The Bertz CT molecular complexity index is 728. The molecule has 1 saturated heterocycles. The molecule has 7 nitrogen and oxygen atoms in total. The molecular weight excluding hydrogens is 308 g/mol. The van der Waals surface area contributed by atoms with Crippen molar-refractivity contribution in [2.45, 2.75) is 32.0 Å². The fourth-order valence-electron chi connectivity index (χ4n) is 2.98. The first kappa shape index (κ1) is 16.0. The van der Waals surface area contributed by atoms with E-state index in [9.17, 15) is 9.59 Å². The Hall–Kier alpha value is -2.83. The molecule has 1 aliphatic rings. The van der Waals surface area contributed by atoms with E-state index < -0.39 is 11.9 Å². The number of aromatic nitrogens is 2. The summed E-state index contributed by atoms with van der Waals surface area (Å²) >= 11 is 0. The van der Waals surface area contributed by atoms with Crippen LogP contribution in [-0.2, 0) is 11.3 Å². The van der Waals surface area contributed by atoms with Crippen molar-refractivity contribution in [3.8, 4) is 5.75 Å². The largest absolute Gasteiger partial charge is 0.488 e. The summed E-state index contributed by atoms with van der Waals surface area (Å²) < 4.78 is 7.49. The van der Waals surface area contributed by atoms with Crippen molar-refractivity contribution in [2.24, 2.45) is 5.73 Å². The van der Waals surface area contributed by atoms with E-state index in [0.29, 0.717) is 31.0 Å². The van der Waals surface area contributed by atoms with Gasteiger partial charge in [0.25, 0.3) is 5.91 Å². The first-order chi connectivity index (χ1) is 11.6. The third kappa shape index (κ3) is 3.10. The Morgan fingerprint density at radius 3 is 2.71 bits per heavy atom. The molecule has 0 saturated carbocycles. The number of amides is 2. The molecule has 126 valence electrons. The van der Waals surface area contributed by atoms with Gasteiger partial charge in [-0.25, -0.2) is 0 Å². The summed E-state index contributed by atoms with van der Waals surface area (Å²) in [6.07, 6.45) is 1.69.